The highest BCUT2D eigenvalue weighted by atomic mass is 16.3. The van der Waals surface area contributed by atoms with Gasteiger partial charge in [-0.05, 0) is 27.4 Å². The number of likely N-dealkylation sites (N-methyl/N-ethyl adjacent to an activating group) is 1. The molecule has 11 heavy (non-hydrogen) atoms. The first-order chi connectivity index (χ1) is 4.92. The topological polar surface area (TPSA) is 69.7 Å². The molecule has 2 unspecified atom stereocenters. The van der Waals surface area contributed by atoms with Crippen LogP contribution in [0.1, 0.15) is 13.3 Å². The average Bonchev–Trinajstić information content (AvgIpc) is 1.88. The van der Waals surface area contributed by atoms with Gasteiger partial charge in [0.25, 0.3) is 0 Å². The van der Waals surface area contributed by atoms with E-state index >= 15 is 0 Å². The Morgan fingerprint density at radius 3 is 2.27 bits per heavy atom. The molecule has 0 amide bonds. The molecule has 0 aliphatic rings. The zero-order valence-electron chi connectivity index (χ0n) is 7.41. The van der Waals surface area contributed by atoms with Crippen LogP contribution in [-0.4, -0.2) is 47.6 Å². The van der Waals surface area contributed by atoms with E-state index in [1.807, 2.05) is 0 Å². The van der Waals surface area contributed by atoms with E-state index in [1.54, 1.807) is 25.9 Å². The molecule has 0 bridgehead atoms. The van der Waals surface area contributed by atoms with Crippen LogP contribution in [0.2, 0.25) is 0 Å². The number of nitrogens with two attached hydrogens (primary N) is 1. The first-order valence-corrected chi connectivity index (χ1v) is 3.69. The van der Waals surface area contributed by atoms with Gasteiger partial charge in [0.15, 0.2) is 0 Å². The molecule has 0 aliphatic carbocycles. The lowest BCUT2D eigenvalue weighted by Gasteiger charge is -2.35. The zero-order valence-corrected chi connectivity index (χ0v) is 7.41. The standard InChI is InChI=1S/C7H18N2O2/c1-7(11,9(2)3)6(8)4-5-10/h6,10-11H,4-5,8H2,1-3H3. The maximum absolute atomic E-state index is 9.68. The van der Waals surface area contributed by atoms with Gasteiger partial charge in [-0.2, -0.15) is 0 Å². The molecule has 2 atom stereocenters. The SMILES string of the molecule is CN(C)C(C)(O)C(N)CCO. The van der Waals surface area contributed by atoms with E-state index in [9.17, 15) is 5.11 Å². The van der Waals surface area contributed by atoms with Crippen LogP contribution in [0.3, 0.4) is 0 Å². The first kappa shape index (κ1) is 10.8. The van der Waals surface area contributed by atoms with Crippen molar-refractivity contribution in [2.24, 2.45) is 5.73 Å². The van der Waals surface area contributed by atoms with Crippen LogP contribution in [0.5, 0.6) is 0 Å². The molecule has 68 valence electrons. The highest BCUT2D eigenvalue weighted by Gasteiger charge is 2.30. The van der Waals surface area contributed by atoms with Gasteiger partial charge in [-0.1, -0.05) is 0 Å². The number of hydrogen-bond donors (Lipinski definition) is 3. The fraction of sp³-hybridized carbons (Fsp3) is 1.00. The predicted octanol–water partition coefficient (Wildman–Crippen LogP) is -1.03. The molecule has 0 radical (unpaired) electrons. The molecule has 0 heterocycles. The molecule has 0 fully saturated rings. The summed E-state index contributed by atoms with van der Waals surface area (Å²) in [6, 6.07) is -0.414. The Kier molecular flexibility index (Phi) is 3.96. The van der Waals surface area contributed by atoms with Gasteiger partial charge in [0, 0.05) is 12.6 Å². The molecule has 0 saturated carbocycles. The quantitative estimate of drug-likeness (QED) is 0.462. The molecule has 0 saturated heterocycles. The fourth-order valence-electron chi connectivity index (χ4n) is 0.744. The van der Waals surface area contributed by atoms with Crippen molar-refractivity contribution >= 4 is 0 Å². The zero-order chi connectivity index (χ0) is 9.07. The minimum absolute atomic E-state index is 0.00512. The molecule has 0 aromatic rings. The Morgan fingerprint density at radius 1 is 1.55 bits per heavy atom. The first-order valence-electron chi connectivity index (χ1n) is 3.69. The number of rotatable bonds is 4. The van der Waals surface area contributed by atoms with Gasteiger partial charge in [0.05, 0.1) is 0 Å². The summed E-state index contributed by atoms with van der Waals surface area (Å²) < 4.78 is 0. The summed E-state index contributed by atoms with van der Waals surface area (Å²) in [5.74, 6) is 0. The summed E-state index contributed by atoms with van der Waals surface area (Å²) in [6.07, 6.45) is 0.408. The second-order valence-corrected chi connectivity index (χ2v) is 3.11. The number of hydrogen-bond acceptors (Lipinski definition) is 4. The average molecular weight is 162 g/mol. The summed E-state index contributed by atoms with van der Waals surface area (Å²) in [5, 5.41) is 18.3. The van der Waals surface area contributed by atoms with Crippen LogP contribution in [0.4, 0.5) is 0 Å². The number of aliphatic hydroxyl groups is 2. The van der Waals surface area contributed by atoms with Gasteiger partial charge in [-0.3, -0.25) is 4.90 Å². The Morgan fingerprint density at radius 2 is 2.00 bits per heavy atom. The lowest BCUT2D eigenvalue weighted by atomic mass is 10.0. The largest absolute Gasteiger partial charge is 0.396 e. The lowest BCUT2D eigenvalue weighted by molar-refractivity contribution is -0.0891. The highest BCUT2D eigenvalue weighted by molar-refractivity contribution is 4.82. The van der Waals surface area contributed by atoms with Crippen LogP contribution < -0.4 is 5.73 Å². The third kappa shape index (κ3) is 2.75. The third-order valence-corrected chi connectivity index (χ3v) is 2.05. The summed E-state index contributed by atoms with van der Waals surface area (Å²) in [4.78, 5) is 1.63. The Hall–Kier alpha value is -0.160. The van der Waals surface area contributed by atoms with E-state index in [0.29, 0.717) is 6.42 Å². The third-order valence-electron chi connectivity index (χ3n) is 2.05. The fourth-order valence-corrected chi connectivity index (χ4v) is 0.744. The van der Waals surface area contributed by atoms with Gasteiger partial charge >= 0.3 is 0 Å². The minimum atomic E-state index is -1.04. The van der Waals surface area contributed by atoms with Crippen LogP contribution >= 0.6 is 0 Å². The van der Waals surface area contributed by atoms with Crippen LogP contribution in [0.15, 0.2) is 0 Å². The van der Waals surface area contributed by atoms with E-state index in [0.717, 1.165) is 0 Å². The summed E-state index contributed by atoms with van der Waals surface area (Å²) >= 11 is 0. The summed E-state index contributed by atoms with van der Waals surface area (Å²) in [6.45, 7) is 1.64. The molecule has 4 nitrogen and oxygen atoms in total. The van der Waals surface area contributed by atoms with Crippen molar-refractivity contribution in [3.63, 3.8) is 0 Å². The summed E-state index contributed by atoms with van der Waals surface area (Å²) in [5.41, 5.74) is 4.57. The molecule has 0 aliphatic heterocycles. The highest BCUT2D eigenvalue weighted by Crippen LogP contribution is 2.12. The van der Waals surface area contributed by atoms with E-state index in [2.05, 4.69) is 0 Å². The van der Waals surface area contributed by atoms with Gasteiger partial charge in [-0.15, -0.1) is 0 Å². The monoisotopic (exact) mass is 162 g/mol. The number of aliphatic hydroxyl groups excluding tert-OH is 1. The van der Waals surface area contributed by atoms with E-state index < -0.39 is 11.8 Å². The Balaban J connectivity index is 4.05. The maximum atomic E-state index is 9.68. The van der Waals surface area contributed by atoms with E-state index in [-0.39, 0.29) is 6.61 Å². The Bertz CT molecular complexity index is 115. The van der Waals surface area contributed by atoms with Crippen molar-refractivity contribution in [3.05, 3.63) is 0 Å². The number of nitrogens with zero attached hydrogens (tertiary/aromatic N) is 1. The van der Waals surface area contributed by atoms with Crippen LogP contribution in [0, 0.1) is 0 Å². The smallest absolute Gasteiger partial charge is 0.130 e. The molecular weight excluding hydrogens is 144 g/mol. The second-order valence-electron chi connectivity index (χ2n) is 3.11. The van der Waals surface area contributed by atoms with Crippen LogP contribution in [-0.2, 0) is 0 Å². The van der Waals surface area contributed by atoms with Crippen molar-refractivity contribution in [1.29, 1.82) is 0 Å². The van der Waals surface area contributed by atoms with Gasteiger partial charge in [0.1, 0.15) is 5.72 Å². The van der Waals surface area contributed by atoms with Crippen molar-refractivity contribution in [2.45, 2.75) is 25.1 Å². The van der Waals surface area contributed by atoms with Crippen molar-refractivity contribution in [2.75, 3.05) is 20.7 Å². The lowest BCUT2D eigenvalue weighted by Crippen LogP contribution is -2.55. The van der Waals surface area contributed by atoms with Crippen molar-refractivity contribution < 1.29 is 10.2 Å². The van der Waals surface area contributed by atoms with E-state index in [4.69, 9.17) is 10.8 Å². The minimum Gasteiger partial charge on any atom is -0.396 e. The van der Waals surface area contributed by atoms with E-state index in [1.165, 1.54) is 0 Å². The maximum Gasteiger partial charge on any atom is 0.130 e. The van der Waals surface area contributed by atoms with Crippen molar-refractivity contribution in [1.82, 2.24) is 4.90 Å². The molecule has 0 rings (SSSR count). The molecular formula is C7H18N2O2. The van der Waals surface area contributed by atoms with Gasteiger partial charge in [0.2, 0.25) is 0 Å². The molecule has 0 spiro atoms. The van der Waals surface area contributed by atoms with Gasteiger partial charge < -0.3 is 15.9 Å². The Labute approximate surface area is 67.6 Å². The second kappa shape index (κ2) is 4.01. The van der Waals surface area contributed by atoms with Crippen LogP contribution in [0.25, 0.3) is 0 Å². The molecule has 0 aromatic carbocycles. The molecule has 4 N–H and O–H groups in total. The van der Waals surface area contributed by atoms with Gasteiger partial charge in [-0.25, -0.2) is 0 Å². The van der Waals surface area contributed by atoms with Crippen molar-refractivity contribution in [3.8, 4) is 0 Å². The summed E-state index contributed by atoms with van der Waals surface area (Å²) in [7, 11) is 3.49. The molecule has 0 aromatic heterocycles. The predicted molar refractivity (Wildman–Crippen MR) is 44.0 cm³/mol. The molecule has 4 heteroatoms. The normalized spacial score (nSPS) is 19.9.